The molecule has 0 bridgehead atoms. The Morgan fingerprint density at radius 1 is 0.350 bits per heavy atom. The largest absolute Gasteiger partial charge is 0.256 e. The Labute approximate surface area is 353 Å². The van der Waals surface area contributed by atoms with Crippen LogP contribution in [0.4, 0.5) is 0 Å². The highest BCUT2D eigenvalue weighted by atomic mass is 32.2. The molecule has 0 fully saturated rings. The molecule has 0 radical (unpaired) electrons. The van der Waals surface area contributed by atoms with Gasteiger partial charge in [-0.05, 0) is 98.1 Å². The molecule has 3 heterocycles. The molecule has 3 nitrogen and oxygen atoms in total. The van der Waals surface area contributed by atoms with Crippen molar-refractivity contribution in [3.8, 4) is 67.3 Å². The van der Waals surface area contributed by atoms with Crippen LogP contribution in [0.15, 0.2) is 222 Å². The van der Waals surface area contributed by atoms with Crippen LogP contribution in [0.25, 0.3) is 78.2 Å². The molecule has 280 valence electrons. The van der Waals surface area contributed by atoms with Crippen molar-refractivity contribution in [3.63, 3.8) is 0 Å². The Morgan fingerprint density at radius 2 is 0.883 bits per heavy atom. The van der Waals surface area contributed by atoms with Gasteiger partial charge < -0.3 is 0 Å². The minimum atomic E-state index is -0.553. The van der Waals surface area contributed by atoms with Crippen LogP contribution in [-0.4, -0.2) is 15.0 Å². The highest BCUT2D eigenvalue weighted by molar-refractivity contribution is 7.99. The van der Waals surface area contributed by atoms with Crippen LogP contribution in [0, 0.1) is 0 Å². The van der Waals surface area contributed by atoms with Crippen molar-refractivity contribution < 1.29 is 0 Å². The molecule has 0 amide bonds. The fourth-order valence-corrected chi connectivity index (χ4v) is 10.7. The second-order valence-corrected chi connectivity index (χ2v) is 16.6. The molecule has 2 aliphatic rings. The van der Waals surface area contributed by atoms with Crippen LogP contribution in [0.3, 0.4) is 0 Å². The molecule has 1 aliphatic carbocycles. The summed E-state index contributed by atoms with van der Waals surface area (Å²) in [6.07, 6.45) is 1.90. The number of hydrogen-bond donors (Lipinski definition) is 0. The quantitative estimate of drug-likeness (QED) is 0.174. The minimum absolute atomic E-state index is 0.553. The van der Waals surface area contributed by atoms with E-state index in [2.05, 4.69) is 181 Å². The molecule has 0 unspecified atom stereocenters. The third kappa shape index (κ3) is 5.42. The summed E-state index contributed by atoms with van der Waals surface area (Å²) in [4.78, 5) is 17.5. The number of benzene rings is 8. The SMILES string of the molecule is c1ccc(-c2cc(-c3ccc4c(c3)C3(c5cc(-c6ccc(-c7ccnc8ccccc78)cc6)ccc5S4)c4ccccc4-c4ccccc43)nc(-c3ccccc3)n2)cc1. The summed E-state index contributed by atoms with van der Waals surface area (Å²) < 4.78 is 0. The van der Waals surface area contributed by atoms with E-state index in [1.165, 1.54) is 65.4 Å². The Morgan fingerprint density at radius 3 is 1.58 bits per heavy atom. The van der Waals surface area contributed by atoms with Gasteiger partial charge in [0.25, 0.3) is 0 Å². The summed E-state index contributed by atoms with van der Waals surface area (Å²) in [5, 5.41) is 1.16. The highest BCUT2D eigenvalue weighted by Gasteiger charge is 2.50. The summed E-state index contributed by atoms with van der Waals surface area (Å²) >= 11 is 1.86. The van der Waals surface area contributed by atoms with Crippen molar-refractivity contribution in [3.05, 3.63) is 235 Å². The van der Waals surface area contributed by atoms with Crippen molar-refractivity contribution in [2.24, 2.45) is 0 Å². The fraction of sp³-hybridized carbons (Fsp3) is 0.0179. The Kier molecular flexibility index (Phi) is 8.00. The second kappa shape index (κ2) is 13.9. The maximum absolute atomic E-state index is 5.27. The average Bonchev–Trinajstić information content (AvgIpc) is 3.62. The molecule has 0 saturated carbocycles. The van der Waals surface area contributed by atoms with Gasteiger partial charge in [-0.1, -0.05) is 176 Å². The van der Waals surface area contributed by atoms with Gasteiger partial charge in [0.15, 0.2) is 5.82 Å². The number of fused-ring (bicyclic) bond motifs is 10. The van der Waals surface area contributed by atoms with Gasteiger partial charge in [-0.3, -0.25) is 4.98 Å². The van der Waals surface area contributed by atoms with Gasteiger partial charge in [-0.25, -0.2) is 9.97 Å². The Bertz CT molecular complexity index is 3180. The zero-order valence-corrected chi connectivity index (χ0v) is 33.3. The van der Waals surface area contributed by atoms with Crippen LogP contribution in [0.5, 0.6) is 0 Å². The summed E-state index contributed by atoms with van der Waals surface area (Å²) in [6.45, 7) is 0. The summed E-state index contributed by atoms with van der Waals surface area (Å²) in [5.74, 6) is 0.712. The normalized spacial score (nSPS) is 13.1. The number of pyridine rings is 1. The molecule has 2 aromatic heterocycles. The molecule has 60 heavy (non-hydrogen) atoms. The Hall–Kier alpha value is -7.40. The smallest absolute Gasteiger partial charge is 0.160 e. The highest BCUT2D eigenvalue weighted by Crippen LogP contribution is 2.62. The second-order valence-electron chi connectivity index (χ2n) is 15.5. The molecule has 0 saturated heterocycles. The first kappa shape index (κ1) is 34.6. The van der Waals surface area contributed by atoms with Gasteiger partial charge in [0.2, 0.25) is 0 Å². The first-order chi connectivity index (χ1) is 29.7. The molecule has 4 heteroatoms. The zero-order valence-electron chi connectivity index (χ0n) is 32.5. The van der Waals surface area contributed by atoms with E-state index in [1.54, 1.807) is 0 Å². The predicted octanol–water partition coefficient (Wildman–Crippen LogP) is 14.2. The first-order valence-electron chi connectivity index (χ1n) is 20.3. The van der Waals surface area contributed by atoms with Crippen molar-refractivity contribution in [2.45, 2.75) is 15.2 Å². The van der Waals surface area contributed by atoms with E-state index in [-0.39, 0.29) is 0 Å². The van der Waals surface area contributed by atoms with E-state index in [9.17, 15) is 0 Å². The molecular weight excluding hydrogens is 747 g/mol. The molecule has 1 spiro atoms. The van der Waals surface area contributed by atoms with Gasteiger partial charge in [0, 0.05) is 38.1 Å². The van der Waals surface area contributed by atoms with Crippen molar-refractivity contribution in [2.75, 3.05) is 0 Å². The maximum atomic E-state index is 5.27. The zero-order chi connectivity index (χ0) is 39.6. The lowest BCUT2D eigenvalue weighted by Gasteiger charge is -2.40. The van der Waals surface area contributed by atoms with E-state index in [0.29, 0.717) is 5.82 Å². The van der Waals surface area contributed by atoms with Gasteiger partial charge >= 0.3 is 0 Å². The maximum Gasteiger partial charge on any atom is 0.160 e. The lowest BCUT2D eigenvalue weighted by Crippen LogP contribution is -2.32. The first-order valence-corrected chi connectivity index (χ1v) is 21.2. The van der Waals surface area contributed by atoms with Crippen LogP contribution in [-0.2, 0) is 5.41 Å². The molecule has 8 aromatic carbocycles. The third-order valence-electron chi connectivity index (χ3n) is 12.2. The van der Waals surface area contributed by atoms with Gasteiger partial charge in [-0.15, -0.1) is 0 Å². The van der Waals surface area contributed by atoms with Crippen LogP contribution < -0.4 is 0 Å². The minimum Gasteiger partial charge on any atom is -0.256 e. The van der Waals surface area contributed by atoms with Crippen molar-refractivity contribution in [1.29, 1.82) is 0 Å². The van der Waals surface area contributed by atoms with Gasteiger partial charge in [-0.2, -0.15) is 0 Å². The van der Waals surface area contributed by atoms with Crippen LogP contribution in [0.2, 0.25) is 0 Å². The average molecular weight is 782 g/mol. The molecule has 0 N–H and O–H groups in total. The number of aromatic nitrogens is 3. The van der Waals surface area contributed by atoms with Crippen LogP contribution in [0.1, 0.15) is 22.3 Å². The van der Waals surface area contributed by atoms with E-state index in [4.69, 9.17) is 9.97 Å². The topological polar surface area (TPSA) is 38.7 Å². The molecule has 1 aliphatic heterocycles. The fourth-order valence-electron chi connectivity index (χ4n) is 9.50. The molecule has 0 atom stereocenters. The van der Waals surface area contributed by atoms with Crippen molar-refractivity contribution in [1.82, 2.24) is 15.0 Å². The van der Waals surface area contributed by atoms with Crippen LogP contribution >= 0.6 is 11.8 Å². The number of hydrogen-bond acceptors (Lipinski definition) is 4. The van der Waals surface area contributed by atoms with Gasteiger partial charge in [0.05, 0.1) is 22.3 Å². The molecule has 10 aromatic rings. The van der Waals surface area contributed by atoms with E-state index < -0.39 is 5.41 Å². The summed E-state index contributed by atoms with van der Waals surface area (Å²) in [7, 11) is 0. The number of rotatable bonds is 5. The summed E-state index contributed by atoms with van der Waals surface area (Å²) in [6, 6.07) is 74.4. The van der Waals surface area contributed by atoms with E-state index >= 15 is 0 Å². The molecular formula is C56H35N3S. The summed E-state index contributed by atoms with van der Waals surface area (Å²) in [5.41, 5.74) is 17.8. The lowest BCUT2D eigenvalue weighted by molar-refractivity contribution is 0.723. The predicted molar refractivity (Wildman–Crippen MR) is 246 cm³/mol. The Balaban J connectivity index is 1.05. The third-order valence-corrected chi connectivity index (χ3v) is 13.4. The standard InChI is InChI=1S/C56H35N3S/c1-3-13-38(14-4-1)51-35-52(59-55(58-51)39-15-5-2-6-16-39)41-28-30-54-49(34-41)56(46-20-10-7-17-43(46)44-18-8-11-21-47(44)56)48-33-40(27-29-53(48)60-54)36-23-25-37(26-24-36)42-31-32-57-50-22-12-9-19-45(42)50/h1-35H. The number of nitrogens with zero attached hydrogens (tertiary/aromatic N) is 3. The van der Waals surface area contributed by atoms with E-state index in [0.717, 1.165) is 39.0 Å². The van der Waals surface area contributed by atoms with E-state index in [1.807, 2.05) is 48.3 Å². The lowest BCUT2D eigenvalue weighted by atomic mass is 9.66. The van der Waals surface area contributed by atoms with Crippen molar-refractivity contribution >= 4 is 22.7 Å². The van der Waals surface area contributed by atoms with Gasteiger partial charge in [0.1, 0.15) is 0 Å². The monoisotopic (exact) mass is 781 g/mol. The molecule has 12 rings (SSSR count). The number of para-hydroxylation sites is 1.